The van der Waals surface area contributed by atoms with Crippen LogP contribution in [0, 0.1) is 29.1 Å². The van der Waals surface area contributed by atoms with Gasteiger partial charge in [0.2, 0.25) is 0 Å². The summed E-state index contributed by atoms with van der Waals surface area (Å²) in [5, 5.41) is 20.2. The summed E-state index contributed by atoms with van der Waals surface area (Å²) in [4.78, 5) is 0. The van der Waals surface area contributed by atoms with Gasteiger partial charge in [0.05, 0.1) is 12.2 Å². The van der Waals surface area contributed by atoms with Crippen molar-refractivity contribution in [2.45, 2.75) is 104 Å². The fourth-order valence-corrected chi connectivity index (χ4v) is 6.73. The second kappa shape index (κ2) is 9.52. The highest BCUT2D eigenvalue weighted by molar-refractivity contribution is 5.38. The first-order valence-electron chi connectivity index (χ1n) is 12.2. The predicted octanol–water partition coefficient (Wildman–Crippen LogP) is 6.59. The molecule has 0 spiro atoms. The van der Waals surface area contributed by atoms with Crippen LogP contribution in [-0.2, 0) is 0 Å². The molecule has 0 amide bonds. The van der Waals surface area contributed by atoms with Crippen LogP contribution in [0.25, 0.3) is 0 Å². The van der Waals surface area contributed by atoms with Crippen molar-refractivity contribution in [3.63, 3.8) is 0 Å². The number of rotatable bonds is 6. The van der Waals surface area contributed by atoms with Gasteiger partial charge in [-0.1, -0.05) is 71.3 Å². The van der Waals surface area contributed by atoms with Crippen LogP contribution in [0.3, 0.4) is 0 Å². The maximum Gasteiger partial charge on any atom is 0.0811 e. The summed E-state index contributed by atoms with van der Waals surface area (Å²) in [6.45, 7) is 13.8. The summed E-state index contributed by atoms with van der Waals surface area (Å²) in [6, 6.07) is 0. The Kier molecular flexibility index (Phi) is 7.49. The Bertz CT molecular complexity index is 643. The van der Waals surface area contributed by atoms with Crippen molar-refractivity contribution < 1.29 is 10.2 Å². The molecule has 164 valence electrons. The molecule has 3 aliphatic rings. The molecule has 3 saturated carbocycles. The smallest absolute Gasteiger partial charge is 0.0811 e. The average Bonchev–Trinajstić information content (AvgIpc) is 3.00. The lowest BCUT2D eigenvalue weighted by Gasteiger charge is -2.44. The van der Waals surface area contributed by atoms with Crippen molar-refractivity contribution in [2.75, 3.05) is 0 Å². The van der Waals surface area contributed by atoms with Crippen LogP contribution in [0.1, 0.15) is 91.9 Å². The molecule has 0 aliphatic heterocycles. The van der Waals surface area contributed by atoms with Gasteiger partial charge in [0, 0.05) is 6.42 Å². The molecule has 1 unspecified atom stereocenters. The first-order valence-corrected chi connectivity index (χ1v) is 12.2. The summed E-state index contributed by atoms with van der Waals surface area (Å²) < 4.78 is 0. The van der Waals surface area contributed by atoms with E-state index >= 15 is 0 Å². The maximum absolute atomic E-state index is 10.1. The zero-order valence-corrected chi connectivity index (χ0v) is 19.3. The molecule has 3 rings (SSSR count). The molecule has 0 heterocycles. The summed E-state index contributed by atoms with van der Waals surface area (Å²) in [5.41, 5.74) is 3.88. The predicted molar refractivity (Wildman–Crippen MR) is 123 cm³/mol. The van der Waals surface area contributed by atoms with Gasteiger partial charge in [-0.3, -0.25) is 0 Å². The van der Waals surface area contributed by atoms with Gasteiger partial charge in [-0.25, -0.2) is 0 Å². The highest BCUT2D eigenvalue weighted by Gasteiger charge is 2.50. The molecule has 0 bridgehead atoms. The molecular weight excluding hydrogens is 356 g/mol. The molecule has 29 heavy (non-hydrogen) atoms. The zero-order valence-electron chi connectivity index (χ0n) is 19.3. The lowest BCUT2D eigenvalue weighted by Crippen LogP contribution is -2.36. The van der Waals surface area contributed by atoms with Gasteiger partial charge in [0.1, 0.15) is 0 Å². The van der Waals surface area contributed by atoms with Crippen LogP contribution in [0.2, 0.25) is 0 Å². The minimum absolute atomic E-state index is 0.420. The van der Waals surface area contributed by atoms with Crippen molar-refractivity contribution in [2.24, 2.45) is 29.1 Å². The van der Waals surface area contributed by atoms with Crippen LogP contribution in [0.4, 0.5) is 0 Å². The molecule has 3 fully saturated rings. The first kappa shape index (κ1) is 22.8. The first-order chi connectivity index (χ1) is 13.7. The average molecular weight is 401 g/mol. The van der Waals surface area contributed by atoms with Gasteiger partial charge in [-0.2, -0.15) is 0 Å². The molecule has 0 aromatic heterocycles. The lowest BCUT2D eigenvalue weighted by molar-refractivity contribution is 0.0861. The fourth-order valence-electron chi connectivity index (χ4n) is 6.73. The van der Waals surface area contributed by atoms with Crippen molar-refractivity contribution >= 4 is 0 Å². The molecule has 3 aliphatic carbocycles. The largest absolute Gasteiger partial charge is 0.393 e. The van der Waals surface area contributed by atoms with E-state index in [9.17, 15) is 10.2 Å². The summed E-state index contributed by atoms with van der Waals surface area (Å²) in [5.74, 6) is 3.20. The Hall–Kier alpha value is -0.860. The Morgan fingerprint density at radius 1 is 1.14 bits per heavy atom. The van der Waals surface area contributed by atoms with E-state index in [2.05, 4.69) is 46.4 Å². The van der Waals surface area contributed by atoms with E-state index in [4.69, 9.17) is 0 Å². The molecule has 6 atom stereocenters. The van der Waals surface area contributed by atoms with E-state index in [0.717, 1.165) is 28.9 Å². The molecule has 2 N–H and O–H groups in total. The van der Waals surface area contributed by atoms with Crippen LogP contribution >= 0.6 is 0 Å². The SMILES string of the molecule is C=C1C(=CC=C2CCC[C@]3(C)C([C@H](C)CCCC(C)C)CC[C@@H]23)C[C@@H](O)C[C@@H]1O. The molecule has 0 saturated heterocycles. The second-order valence-corrected chi connectivity index (χ2v) is 11.0. The summed E-state index contributed by atoms with van der Waals surface area (Å²) >= 11 is 0. The lowest BCUT2D eigenvalue weighted by atomic mass is 9.60. The number of allylic oxidation sites excluding steroid dienone is 3. The molecular formula is C27H44O2. The molecule has 2 nitrogen and oxygen atoms in total. The minimum Gasteiger partial charge on any atom is -0.393 e. The van der Waals surface area contributed by atoms with Crippen molar-refractivity contribution in [1.82, 2.24) is 0 Å². The third kappa shape index (κ3) is 5.07. The monoisotopic (exact) mass is 400 g/mol. The molecule has 0 aromatic rings. The highest BCUT2D eigenvalue weighted by Crippen LogP contribution is 2.59. The van der Waals surface area contributed by atoms with Crippen LogP contribution in [-0.4, -0.2) is 22.4 Å². The number of aliphatic hydroxyl groups is 2. The van der Waals surface area contributed by atoms with E-state index in [0.29, 0.717) is 24.2 Å². The Balaban J connectivity index is 1.71. The van der Waals surface area contributed by atoms with Gasteiger partial charge in [-0.05, 0) is 78.8 Å². The third-order valence-electron chi connectivity index (χ3n) is 8.43. The van der Waals surface area contributed by atoms with Crippen LogP contribution < -0.4 is 0 Å². The second-order valence-electron chi connectivity index (χ2n) is 11.0. The molecule has 0 radical (unpaired) electrons. The van der Waals surface area contributed by atoms with Gasteiger partial charge in [0.25, 0.3) is 0 Å². The van der Waals surface area contributed by atoms with Crippen molar-refractivity contribution in [3.8, 4) is 0 Å². The van der Waals surface area contributed by atoms with E-state index in [1.807, 2.05) is 0 Å². The van der Waals surface area contributed by atoms with Gasteiger partial charge in [0.15, 0.2) is 0 Å². The number of hydrogen-bond acceptors (Lipinski definition) is 2. The molecule has 2 heteroatoms. The number of hydrogen-bond donors (Lipinski definition) is 2. The highest BCUT2D eigenvalue weighted by atomic mass is 16.3. The maximum atomic E-state index is 10.1. The normalized spacial score (nSPS) is 39.3. The van der Waals surface area contributed by atoms with E-state index in [1.54, 1.807) is 5.57 Å². The van der Waals surface area contributed by atoms with E-state index in [1.165, 1.54) is 51.4 Å². The van der Waals surface area contributed by atoms with Crippen molar-refractivity contribution in [1.29, 1.82) is 0 Å². The van der Waals surface area contributed by atoms with E-state index in [-0.39, 0.29) is 0 Å². The van der Waals surface area contributed by atoms with Crippen LogP contribution in [0.15, 0.2) is 35.5 Å². The Morgan fingerprint density at radius 3 is 2.62 bits per heavy atom. The van der Waals surface area contributed by atoms with E-state index < -0.39 is 12.2 Å². The standard InChI is InChI=1S/C27H44O2/c1-18(2)8-6-9-19(3)24-13-14-25-21(10-7-15-27(24,25)5)11-12-22-16-23(28)17-26(29)20(22)4/h11-12,18-19,23-26,28-29H,4,6-10,13-17H2,1-3,5H3/t19-,23-,24?,25+,26+,27-/m1/s1. The van der Waals surface area contributed by atoms with Gasteiger partial charge in [-0.15, -0.1) is 0 Å². The number of aliphatic hydroxyl groups excluding tert-OH is 2. The quantitative estimate of drug-likeness (QED) is 0.528. The van der Waals surface area contributed by atoms with Crippen molar-refractivity contribution in [3.05, 3.63) is 35.5 Å². The van der Waals surface area contributed by atoms with Crippen LogP contribution in [0.5, 0.6) is 0 Å². The topological polar surface area (TPSA) is 40.5 Å². The molecule has 0 aromatic carbocycles. The number of fused-ring (bicyclic) bond motifs is 1. The zero-order chi connectivity index (χ0) is 21.2. The minimum atomic E-state index is -0.595. The fraction of sp³-hybridized carbons (Fsp3) is 0.778. The van der Waals surface area contributed by atoms with Gasteiger partial charge >= 0.3 is 0 Å². The Labute approximate surface area is 179 Å². The summed E-state index contributed by atoms with van der Waals surface area (Å²) in [7, 11) is 0. The summed E-state index contributed by atoms with van der Waals surface area (Å²) in [6.07, 6.45) is 15.2. The Morgan fingerprint density at radius 2 is 1.90 bits per heavy atom. The third-order valence-corrected chi connectivity index (χ3v) is 8.43. The van der Waals surface area contributed by atoms with Gasteiger partial charge < -0.3 is 10.2 Å².